The number of likely N-dealkylation sites (tertiary alicyclic amines) is 1. The molecule has 7 heteroatoms. The van der Waals surface area contributed by atoms with E-state index in [4.69, 9.17) is 5.26 Å². The van der Waals surface area contributed by atoms with E-state index >= 15 is 0 Å². The van der Waals surface area contributed by atoms with E-state index in [1.54, 1.807) is 11.0 Å². The number of benzene rings is 1. The van der Waals surface area contributed by atoms with Gasteiger partial charge in [-0.25, -0.2) is 4.79 Å². The zero-order valence-electron chi connectivity index (χ0n) is 10.1. The SMILES string of the molecule is N#Cc1cc(NC(=O)N2CCCC2)ccc1S(=O)[O-]. The maximum Gasteiger partial charge on any atom is 0.321 e. The lowest BCUT2D eigenvalue weighted by atomic mass is 10.2. The van der Waals surface area contributed by atoms with Gasteiger partial charge in [0.15, 0.2) is 0 Å². The fourth-order valence-electron chi connectivity index (χ4n) is 1.96. The van der Waals surface area contributed by atoms with Crippen LogP contribution in [0.5, 0.6) is 0 Å². The molecule has 6 nitrogen and oxygen atoms in total. The van der Waals surface area contributed by atoms with Crippen molar-refractivity contribution in [1.82, 2.24) is 4.90 Å². The molecule has 1 saturated heterocycles. The van der Waals surface area contributed by atoms with Crippen molar-refractivity contribution in [3.05, 3.63) is 23.8 Å². The molecular weight excluding hydrogens is 266 g/mol. The van der Waals surface area contributed by atoms with Crippen LogP contribution in [0.15, 0.2) is 23.1 Å². The van der Waals surface area contributed by atoms with Crippen LogP contribution in [0.2, 0.25) is 0 Å². The Morgan fingerprint density at radius 3 is 2.68 bits per heavy atom. The van der Waals surface area contributed by atoms with Crippen molar-refractivity contribution in [2.75, 3.05) is 18.4 Å². The van der Waals surface area contributed by atoms with Gasteiger partial charge in [0.2, 0.25) is 0 Å². The van der Waals surface area contributed by atoms with Crippen molar-refractivity contribution in [2.24, 2.45) is 0 Å². The summed E-state index contributed by atoms with van der Waals surface area (Å²) < 4.78 is 21.8. The van der Waals surface area contributed by atoms with Crippen LogP contribution in [0.3, 0.4) is 0 Å². The Balaban J connectivity index is 2.15. The molecule has 1 unspecified atom stereocenters. The van der Waals surface area contributed by atoms with Crippen molar-refractivity contribution >= 4 is 22.8 Å². The number of hydrogen-bond acceptors (Lipinski definition) is 4. The summed E-state index contributed by atoms with van der Waals surface area (Å²) >= 11 is -2.46. The Morgan fingerprint density at radius 2 is 2.11 bits per heavy atom. The predicted molar refractivity (Wildman–Crippen MR) is 68.2 cm³/mol. The zero-order valence-corrected chi connectivity index (χ0v) is 10.9. The summed E-state index contributed by atoms with van der Waals surface area (Å²) in [5, 5.41) is 11.6. The third-order valence-electron chi connectivity index (χ3n) is 2.92. The number of hydrogen-bond donors (Lipinski definition) is 1. The van der Waals surface area contributed by atoms with Crippen molar-refractivity contribution in [2.45, 2.75) is 17.7 Å². The van der Waals surface area contributed by atoms with Crippen LogP contribution in [0.25, 0.3) is 0 Å². The standard InChI is InChI=1S/C12H13N3O3S/c13-8-9-7-10(3-4-11(9)19(17)18)14-12(16)15-5-1-2-6-15/h3-4,7H,1-2,5-6H2,(H,14,16)(H,17,18)/p-1. The van der Waals surface area contributed by atoms with Crippen LogP contribution in [0, 0.1) is 11.3 Å². The van der Waals surface area contributed by atoms with E-state index < -0.39 is 11.1 Å². The smallest absolute Gasteiger partial charge is 0.321 e. The number of rotatable bonds is 2. The molecule has 1 aliphatic heterocycles. The van der Waals surface area contributed by atoms with Gasteiger partial charge >= 0.3 is 6.03 Å². The van der Waals surface area contributed by atoms with Gasteiger partial charge < -0.3 is 14.8 Å². The molecule has 1 aromatic rings. The minimum Gasteiger partial charge on any atom is -0.768 e. The monoisotopic (exact) mass is 278 g/mol. The highest BCUT2D eigenvalue weighted by molar-refractivity contribution is 7.79. The van der Waals surface area contributed by atoms with Crippen LogP contribution < -0.4 is 5.32 Å². The summed E-state index contributed by atoms with van der Waals surface area (Å²) in [4.78, 5) is 13.5. The molecule has 0 spiro atoms. The molecule has 1 N–H and O–H groups in total. The van der Waals surface area contributed by atoms with Gasteiger partial charge in [-0.15, -0.1) is 0 Å². The Kier molecular flexibility index (Phi) is 4.14. The van der Waals surface area contributed by atoms with Crippen molar-refractivity contribution in [1.29, 1.82) is 5.26 Å². The van der Waals surface area contributed by atoms with Crippen LogP contribution in [0.4, 0.5) is 10.5 Å². The number of nitriles is 1. The number of anilines is 1. The number of carbonyl (C=O) groups is 1. The second-order valence-corrected chi connectivity index (χ2v) is 5.09. The van der Waals surface area contributed by atoms with Crippen LogP contribution in [0.1, 0.15) is 18.4 Å². The van der Waals surface area contributed by atoms with Gasteiger partial charge in [-0.1, -0.05) is 0 Å². The fourth-order valence-corrected chi connectivity index (χ4v) is 2.43. The Bertz CT molecular complexity index is 562. The van der Waals surface area contributed by atoms with E-state index in [2.05, 4.69) is 5.32 Å². The molecule has 1 aromatic carbocycles. The van der Waals surface area contributed by atoms with Gasteiger partial charge in [0.05, 0.1) is 5.56 Å². The number of urea groups is 1. The fraction of sp³-hybridized carbons (Fsp3) is 0.333. The number of carbonyl (C=O) groups excluding carboxylic acids is 1. The quantitative estimate of drug-likeness (QED) is 0.827. The van der Waals surface area contributed by atoms with E-state index in [1.165, 1.54) is 18.2 Å². The minimum atomic E-state index is -2.46. The van der Waals surface area contributed by atoms with E-state index in [0.717, 1.165) is 25.9 Å². The predicted octanol–water partition coefficient (Wildman–Crippen LogP) is 1.42. The van der Waals surface area contributed by atoms with Crippen molar-refractivity contribution < 1.29 is 13.6 Å². The largest absolute Gasteiger partial charge is 0.768 e. The lowest BCUT2D eigenvalue weighted by Gasteiger charge is -2.17. The molecule has 0 radical (unpaired) electrons. The van der Waals surface area contributed by atoms with Crippen LogP contribution in [-0.4, -0.2) is 32.8 Å². The van der Waals surface area contributed by atoms with Crippen molar-refractivity contribution in [3.8, 4) is 6.07 Å². The molecular formula is C12H12N3O3S-. The molecule has 2 amide bonds. The van der Waals surface area contributed by atoms with Crippen molar-refractivity contribution in [3.63, 3.8) is 0 Å². The Hall–Kier alpha value is -1.91. The summed E-state index contributed by atoms with van der Waals surface area (Å²) in [6, 6.07) is 5.72. The molecule has 0 aromatic heterocycles. The molecule has 0 aliphatic carbocycles. The summed E-state index contributed by atoms with van der Waals surface area (Å²) in [6.45, 7) is 1.44. The average Bonchev–Trinajstić information content (AvgIpc) is 2.92. The highest BCUT2D eigenvalue weighted by Gasteiger charge is 2.18. The third-order valence-corrected chi connectivity index (χ3v) is 3.64. The van der Waals surface area contributed by atoms with E-state index in [-0.39, 0.29) is 16.5 Å². The average molecular weight is 278 g/mol. The molecule has 19 heavy (non-hydrogen) atoms. The van der Waals surface area contributed by atoms with Gasteiger partial charge in [-0.2, -0.15) is 5.26 Å². The third kappa shape index (κ3) is 3.10. The van der Waals surface area contributed by atoms with E-state index in [1.807, 2.05) is 0 Å². The lowest BCUT2D eigenvalue weighted by Crippen LogP contribution is -2.32. The second-order valence-electron chi connectivity index (χ2n) is 4.18. The number of nitrogens with one attached hydrogen (secondary N) is 1. The number of amides is 2. The molecule has 0 bridgehead atoms. The van der Waals surface area contributed by atoms with Crippen LogP contribution in [-0.2, 0) is 11.1 Å². The summed E-state index contributed by atoms with van der Waals surface area (Å²) in [5.74, 6) is 0. The Morgan fingerprint density at radius 1 is 1.42 bits per heavy atom. The number of nitrogens with zero attached hydrogens (tertiary/aromatic N) is 2. The molecule has 1 heterocycles. The normalized spacial score (nSPS) is 15.9. The molecule has 1 fully saturated rings. The molecule has 1 aliphatic rings. The van der Waals surface area contributed by atoms with E-state index in [9.17, 15) is 13.6 Å². The van der Waals surface area contributed by atoms with Gasteiger partial charge in [-0.3, -0.25) is 4.21 Å². The van der Waals surface area contributed by atoms with Gasteiger partial charge in [-0.05, 0) is 42.1 Å². The topological polar surface area (TPSA) is 96.3 Å². The molecule has 100 valence electrons. The minimum absolute atomic E-state index is 0.0209. The van der Waals surface area contributed by atoms with Gasteiger partial charge in [0.1, 0.15) is 6.07 Å². The van der Waals surface area contributed by atoms with Crippen LogP contribution >= 0.6 is 0 Å². The molecule has 0 saturated carbocycles. The highest BCUT2D eigenvalue weighted by atomic mass is 32.2. The van der Waals surface area contributed by atoms with Gasteiger partial charge in [0, 0.05) is 23.7 Å². The summed E-state index contributed by atoms with van der Waals surface area (Å²) in [6.07, 6.45) is 1.98. The highest BCUT2D eigenvalue weighted by Crippen LogP contribution is 2.19. The first-order chi connectivity index (χ1) is 9.11. The first-order valence-electron chi connectivity index (χ1n) is 5.81. The maximum atomic E-state index is 11.8. The maximum absolute atomic E-state index is 11.8. The molecule has 2 rings (SSSR count). The summed E-state index contributed by atoms with van der Waals surface area (Å²) in [5.41, 5.74) is 0.440. The zero-order chi connectivity index (χ0) is 13.8. The van der Waals surface area contributed by atoms with Gasteiger partial charge in [0.25, 0.3) is 0 Å². The summed E-state index contributed by atoms with van der Waals surface area (Å²) in [7, 11) is 0. The first-order valence-corrected chi connectivity index (χ1v) is 6.88. The lowest BCUT2D eigenvalue weighted by molar-refractivity contribution is 0.222. The molecule has 1 atom stereocenters. The first kappa shape index (κ1) is 13.5. The second kappa shape index (κ2) is 5.82. The van der Waals surface area contributed by atoms with E-state index in [0.29, 0.717) is 5.69 Å². The Labute approximate surface area is 113 Å².